The van der Waals surface area contributed by atoms with Crippen molar-refractivity contribution in [3.8, 4) is 0 Å². The molecule has 2 atom stereocenters. The molecule has 1 heterocycles. The zero-order chi connectivity index (χ0) is 11.4. The lowest BCUT2D eigenvalue weighted by Crippen LogP contribution is -2.48. The quantitative estimate of drug-likeness (QED) is 0.792. The van der Waals surface area contributed by atoms with Gasteiger partial charge in [0.2, 0.25) is 0 Å². The van der Waals surface area contributed by atoms with E-state index >= 15 is 0 Å². The van der Waals surface area contributed by atoms with Crippen molar-refractivity contribution >= 4 is 0 Å². The average Bonchev–Trinajstić information content (AvgIpc) is 2.31. The second-order valence-electron chi connectivity index (χ2n) is 5.92. The Morgan fingerprint density at radius 1 is 1.12 bits per heavy atom. The van der Waals surface area contributed by atoms with Crippen molar-refractivity contribution in [3.05, 3.63) is 0 Å². The van der Waals surface area contributed by atoms with E-state index in [0.717, 1.165) is 17.9 Å². The third-order valence-corrected chi connectivity index (χ3v) is 4.60. The lowest BCUT2D eigenvalue weighted by Gasteiger charge is -2.39. The van der Waals surface area contributed by atoms with E-state index < -0.39 is 0 Å². The lowest BCUT2D eigenvalue weighted by atomic mass is 9.87. The Morgan fingerprint density at radius 3 is 2.50 bits per heavy atom. The summed E-state index contributed by atoms with van der Waals surface area (Å²) in [5.74, 6) is 1.83. The van der Waals surface area contributed by atoms with Gasteiger partial charge >= 0.3 is 0 Å². The summed E-state index contributed by atoms with van der Waals surface area (Å²) in [5.41, 5.74) is 0. The monoisotopic (exact) mass is 224 g/mol. The molecule has 2 rings (SSSR count). The molecule has 1 aliphatic heterocycles. The van der Waals surface area contributed by atoms with E-state index in [-0.39, 0.29) is 0 Å². The Bertz CT molecular complexity index is 199. The first kappa shape index (κ1) is 12.4. The van der Waals surface area contributed by atoms with Gasteiger partial charge in [-0.3, -0.25) is 0 Å². The van der Waals surface area contributed by atoms with Crippen molar-refractivity contribution in [2.75, 3.05) is 26.7 Å². The van der Waals surface area contributed by atoms with Gasteiger partial charge < -0.3 is 10.2 Å². The zero-order valence-electron chi connectivity index (χ0n) is 11.0. The summed E-state index contributed by atoms with van der Waals surface area (Å²) in [6.45, 7) is 6.39. The second kappa shape index (κ2) is 6.02. The van der Waals surface area contributed by atoms with Gasteiger partial charge in [-0.15, -0.1) is 0 Å². The highest BCUT2D eigenvalue weighted by molar-refractivity contribution is 4.83. The summed E-state index contributed by atoms with van der Waals surface area (Å²) >= 11 is 0. The molecular weight excluding hydrogens is 196 g/mol. The van der Waals surface area contributed by atoms with Gasteiger partial charge in [-0.1, -0.05) is 26.2 Å². The number of rotatable bonds is 3. The van der Waals surface area contributed by atoms with Gasteiger partial charge in [0.25, 0.3) is 0 Å². The summed E-state index contributed by atoms with van der Waals surface area (Å²) in [6, 6.07) is 0.752. The van der Waals surface area contributed by atoms with Crippen LogP contribution in [-0.2, 0) is 0 Å². The summed E-state index contributed by atoms with van der Waals surface area (Å²) in [5, 5.41) is 3.45. The molecule has 2 nitrogen and oxygen atoms in total. The molecule has 94 valence electrons. The lowest BCUT2D eigenvalue weighted by molar-refractivity contribution is 0.121. The molecule has 1 saturated carbocycles. The maximum absolute atomic E-state index is 3.45. The third-order valence-electron chi connectivity index (χ3n) is 4.60. The van der Waals surface area contributed by atoms with Crippen molar-refractivity contribution in [2.24, 2.45) is 11.8 Å². The van der Waals surface area contributed by atoms with Gasteiger partial charge in [-0.25, -0.2) is 0 Å². The summed E-state index contributed by atoms with van der Waals surface area (Å²) in [6.07, 6.45) is 8.75. The smallest absolute Gasteiger partial charge is 0.0114 e. The molecule has 2 unspecified atom stereocenters. The number of likely N-dealkylation sites (tertiary alicyclic amines) is 1. The molecule has 1 N–H and O–H groups in total. The Morgan fingerprint density at radius 2 is 1.88 bits per heavy atom. The third kappa shape index (κ3) is 3.21. The van der Waals surface area contributed by atoms with Crippen molar-refractivity contribution in [2.45, 2.75) is 51.5 Å². The fraction of sp³-hybridized carbons (Fsp3) is 1.00. The van der Waals surface area contributed by atoms with Gasteiger partial charge in [-0.2, -0.15) is 0 Å². The van der Waals surface area contributed by atoms with Crippen molar-refractivity contribution in [1.29, 1.82) is 0 Å². The fourth-order valence-electron chi connectivity index (χ4n) is 3.56. The molecule has 2 heteroatoms. The normalized spacial score (nSPS) is 34.1. The summed E-state index contributed by atoms with van der Waals surface area (Å²) in [7, 11) is 2.11. The molecule has 2 aliphatic rings. The number of hydrogen-bond donors (Lipinski definition) is 1. The Labute approximate surface area is 101 Å². The molecule has 0 aromatic rings. The molecule has 0 radical (unpaired) electrons. The van der Waals surface area contributed by atoms with Crippen LogP contribution >= 0.6 is 0 Å². The van der Waals surface area contributed by atoms with Crippen LogP contribution in [0.2, 0.25) is 0 Å². The summed E-state index contributed by atoms with van der Waals surface area (Å²) in [4.78, 5) is 2.72. The van der Waals surface area contributed by atoms with Crippen LogP contribution in [0.1, 0.15) is 45.4 Å². The van der Waals surface area contributed by atoms with Gasteiger partial charge in [0.1, 0.15) is 0 Å². The van der Waals surface area contributed by atoms with Crippen molar-refractivity contribution < 1.29 is 0 Å². The zero-order valence-corrected chi connectivity index (χ0v) is 11.0. The van der Waals surface area contributed by atoms with Crippen LogP contribution in [0.25, 0.3) is 0 Å². The predicted octanol–water partition coefficient (Wildman–Crippen LogP) is 2.50. The Hall–Kier alpha value is -0.0800. The number of hydrogen-bond acceptors (Lipinski definition) is 2. The SMILES string of the molecule is CNC1CCN(CC2CCCCC2)CC1C. The number of nitrogens with zero attached hydrogens (tertiary/aromatic N) is 1. The maximum atomic E-state index is 3.45. The molecule has 0 amide bonds. The number of nitrogens with one attached hydrogen (secondary N) is 1. The standard InChI is InChI=1S/C14H28N2/c1-12-10-16(9-8-14(12)15-2)11-13-6-4-3-5-7-13/h12-15H,3-11H2,1-2H3. The van der Waals surface area contributed by atoms with Crippen LogP contribution < -0.4 is 5.32 Å². The van der Waals surface area contributed by atoms with Crippen LogP contribution in [-0.4, -0.2) is 37.6 Å². The van der Waals surface area contributed by atoms with Gasteiger partial charge in [0, 0.05) is 19.1 Å². The van der Waals surface area contributed by atoms with E-state index in [2.05, 4.69) is 24.2 Å². The van der Waals surface area contributed by atoms with Crippen LogP contribution in [0.5, 0.6) is 0 Å². The summed E-state index contributed by atoms with van der Waals surface area (Å²) < 4.78 is 0. The molecule has 2 fully saturated rings. The van der Waals surface area contributed by atoms with E-state index in [1.165, 1.54) is 58.2 Å². The van der Waals surface area contributed by atoms with E-state index in [1.807, 2.05) is 0 Å². The molecule has 1 aliphatic carbocycles. The fourth-order valence-corrected chi connectivity index (χ4v) is 3.56. The van der Waals surface area contributed by atoms with Crippen molar-refractivity contribution in [3.63, 3.8) is 0 Å². The minimum Gasteiger partial charge on any atom is -0.317 e. The molecule has 0 aromatic carbocycles. The molecule has 1 saturated heterocycles. The minimum absolute atomic E-state index is 0.752. The highest BCUT2D eigenvalue weighted by atomic mass is 15.1. The van der Waals surface area contributed by atoms with Gasteiger partial charge in [0.15, 0.2) is 0 Å². The van der Waals surface area contributed by atoms with Crippen LogP contribution in [0, 0.1) is 11.8 Å². The van der Waals surface area contributed by atoms with Gasteiger partial charge in [-0.05, 0) is 44.7 Å². The molecule has 16 heavy (non-hydrogen) atoms. The first-order valence-electron chi connectivity index (χ1n) is 7.19. The molecule has 0 aromatic heterocycles. The van der Waals surface area contributed by atoms with Gasteiger partial charge in [0.05, 0.1) is 0 Å². The Balaban J connectivity index is 1.74. The predicted molar refractivity (Wildman–Crippen MR) is 69.6 cm³/mol. The largest absolute Gasteiger partial charge is 0.317 e. The van der Waals surface area contributed by atoms with Crippen LogP contribution in [0.4, 0.5) is 0 Å². The van der Waals surface area contributed by atoms with E-state index in [4.69, 9.17) is 0 Å². The van der Waals surface area contributed by atoms with Crippen LogP contribution in [0.15, 0.2) is 0 Å². The first-order chi connectivity index (χ1) is 7.79. The Kier molecular flexibility index (Phi) is 4.66. The van der Waals surface area contributed by atoms with Crippen molar-refractivity contribution in [1.82, 2.24) is 10.2 Å². The number of piperidine rings is 1. The maximum Gasteiger partial charge on any atom is 0.0114 e. The first-order valence-corrected chi connectivity index (χ1v) is 7.19. The second-order valence-corrected chi connectivity index (χ2v) is 5.92. The average molecular weight is 224 g/mol. The highest BCUT2D eigenvalue weighted by Crippen LogP contribution is 2.26. The van der Waals surface area contributed by atoms with E-state index in [0.29, 0.717) is 0 Å². The molecule has 0 bridgehead atoms. The van der Waals surface area contributed by atoms with E-state index in [9.17, 15) is 0 Å². The molecule has 0 spiro atoms. The highest BCUT2D eigenvalue weighted by Gasteiger charge is 2.26. The minimum atomic E-state index is 0.752. The van der Waals surface area contributed by atoms with E-state index in [1.54, 1.807) is 0 Å². The topological polar surface area (TPSA) is 15.3 Å². The van der Waals surface area contributed by atoms with Crippen LogP contribution in [0.3, 0.4) is 0 Å². The molecular formula is C14H28N2.